The highest BCUT2D eigenvalue weighted by atomic mass is 16.5. The molecule has 4 aliphatic heterocycles. The Morgan fingerprint density at radius 1 is 1.19 bits per heavy atom. The molecule has 5 unspecified atom stereocenters. The van der Waals surface area contributed by atoms with Crippen molar-refractivity contribution in [3.8, 4) is 0 Å². The van der Waals surface area contributed by atoms with Gasteiger partial charge in [0.1, 0.15) is 12.5 Å². The third-order valence-electron chi connectivity index (χ3n) is 8.21. The van der Waals surface area contributed by atoms with Crippen LogP contribution in [0.4, 0.5) is 11.4 Å². The summed E-state index contributed by atoms with van der Waals surface area (Å²) in [4.78, 5) is 17.7. The summed E-state index contributed by atoms with van der Waals surface area (Å²) in [6.45, 7) is 8.52. The first-order valence-electron chi connectivity index (χ1n) is 13.3. The Hall–Kier alpha value is -1.83. The average molecular weight is 502 g/mol. The van der Waals surface area contributed by atoms with Crippen LogP contribution in [0.3, 0.4) is 0 Å². The van der Waals surface area contributed by atoms with Gasteiger partial charge in [0.2, 0.25) is 5.91 Å². The largest absolute Gasteiger partial charge is 0.382 e. The van der Waals surface area contributed by atoms with E-state index in [0.29, 0.717) is 12.0 Å². The van der Waals surface area contributed by atoms with Gasteiger partial charge in [0.05, 0.1) is 23.5 Å². The van der Waals surface area contributed by atoms with Gasteiger partial charge in [0.15, 0.2) is 0 Å². The van der Waals surface area contributed by atoms with Gasteiger partial charge < -0.3 is 20.3 Å². The Kier molecular flexibility index (Phi) is 8.08. The lowest BCUT2D eigenvalue weighted by Gasteiger charge is -2.37. The molecule has 1 aromatic rings. The first-order valence-corrected chi connectivity index (χ1v) is 13.3. The van der Waals surface area contributed by atoms with Crippen LogP contribution in [-0.2, 0) is 9.53 Å². The number of hydrazine groups is 1. The Morgan fingerprint density at radius 2 is 2.00 bits per heavy atom. The molecule has 6 atom stereocenters. The number of fused-ring (bicyclic) bond motifs is 1. The fourth-order valence-corrected chi connectivity index (χ4v) is 5.96. The van der Waals surface area contributed by atoms with Crippen molar-refractivity contribution in [2.24, 2.45) is 0 Å². The minimum Gasteiger partial charge on any atom is -0.382 e. The molecule has 0 bridgehead atoms. The number of likely N-dealkylation sites (N-methyl/N-ethyl adjacent to an activating group) is 2. The summed E-state index contributed by atoms with van der Waals surface area (Å²) in [5.74, 6) is 0.395. The summed E-state index contributed by atoms with van der Waals surface area (Å²) >= 11 is 0. The van der Waals surface area contributed by atoms with Crippen molar-refractivity contribution in [3.05, 3.63) is 23.8 Å². The van der Waals surface area contributed by atoms with E-state index in [1.165, 1.54) is 5.56 Å². The van der Waals surface area contributed by atoms with Gasteiger partial charge in [0.25, 0.3) is 0 Å². The van der Waals surface area contributed by atoms with Crippen LogP contribution >= 0.6 is 0 Å². The molecule has 11 nitrogen and oxygen atoms in total. The monoisotopic (exact) mass is 501 g/mol. The van der Waals surface area contributed by atoms with Gasteiger partial charge >= 0.3 is 0 Å². The number of para-hydroxylation sites is 1. The summed E-state index contributed by atoms with van der Waals surface area (Å²) in [6, 6.07) is 6.63. The zero-order valence-corrected chi connectivity index (χ0v) is 22.0. The van der Waals surface area contributed by atoms with E-state index in [9.17, 15) is 4.79 Å². The molecule has 6 N–H and O–H groups in total. The van der Waals surface area contributed by atoms with Crippen molar-refractivity contribution in [3.63, 3.8) is 0 Å². The van der Waals surface area contributed by atoms with Crippen molar-refractivity contribution in [1.29, 1.82) is 0 Å². The fourth-order valence-electron chi connectivity index (χ4n) is 5.96. The Morgan fingerprint density at radius 3 is 2.78 bits per heavy atom. The highest BCUT2D eigenvalue weighted by molar-refractivity contribution is 5.98. The van der Waals surface area contributed by atoms with E-state index < -0.39 is 0 Å². The van der Waals surface area contributed by atoms with E-state index in [0.717, 1.165) is 63.6 Å². The van der Waals surface area contributed by atoms with Crippen molar-refractivity contribution in [2.45, 2.75) is 49.9 Å². The molecular formula is C25H43N9O2. The number of nitrogens with zero attached hydrogens (tertiary/aromatic N) is 3. The summed E-state index contributed by atoms with van der Waals surface area (Å²) in [5.41, 5.74) is 6.54. The van der Waals surface area contributed by atoms with Crippen molar-refractivity contribution in [1.82, 2.24) is 36.2 Å². The third-order valence-corrected chi connectivity index (χ3v) is 8.21. The van der Waals surface area contributed by atoms with Gasteiger partial charge in [-0.05, 0) is 38.6 Å². The standard InChI is InChI=1S/C25H43N9O2/c1-16(34-12-10-32(2)11-13-34)23(35)28-20-7-5-6-17-18(14-27-22(17)20)19-8-9-26-25(29-19)30-21-15-33(3)31-24(21)36-4/h5-7,16,18-19,21,24-27,29-31H,8-15H2,1-4H3,(H,28,35)/t16-,18?,19?,21?,24?,25?/m1/s1. The quantitative estimate of drug-likeness (QED) is 0.290. The Balaban J connectivity index is 1.21. The molecule has 4 heterocycles. The molecule has 0 radical (unpaired) electrons. The van der Waals surface area contributed by atoms with Crippen LogP contribution in [-0.4, -0.2) is 118 Å². The van der Waals surface area contributed by atoms with E-state index in [2.05, 4.69) is 66.0 Å². The first kappa shape index (κ1) is 25.8. The van der Waals surface area contributed by atoms with Crippen molar-refractivity contribution >= 4 is 17.3 Å². The van der Waals surface area contributed by atoms with E-state index in [1.807, 2.05) is 20.0 Å². The number of methoxy groups -OCH3 is 1. The molecule has 36 heavy (non-hydrogen) atoms. The predicted molar refractivity (Wildman–Crippen MR) is 142 cm³/mol. The maximum atomic E-state index is 13.1. The summed E-state index contributed by atoms with van der Waals surface area (Å²) in [7, 11) is 5.90. The fraction of sp³-hybridized carbons (Fsp3) is 0.720. The van der Waals surface area contributed by atoms with Crippen LogP contribution in [0.15, 0.2) is 18.2 Å². The Bertz CT molecular complexity index is 910. The second-order valence-corrected chi connectivity index (χ2v) is 10.6. The first-order chi connectivity index (χ1) is 17.4. The molecule has 3 fully saturated rings. The lowest BCUT2D eigenvalue weighted by Crippen LogP contribution is -2.65. The number of piperazine rings is 1. The minimum absolute atomic E-state index is 0.0103. The lowest BCUT2D eigenvalue weighted by atomic mass is 9.90. The van der Waals surface area contributed by atoms with E-state index in [4.69, 9.17) is 4.74 Å². The van der Waals surface area contributed by atoms with E-state index in [-0.39, 0.29) is 30.5 Å². The second kappa shape index (κ2) is 11.3. The number of carbonyl (C=O) groups is 1. The molecule has 1 aromatic carbocycles. The van der Waals surface area contributed by atoms with Crippen LogP contribution in [0.5, 0.6) is 0 Å². The number of hydrogen-bond donors (Lipinski definition) is 6. The van der Waals surface area contributed by atoms with Crippen molar-refractivity contribution < 1.29 is 9.53 Å². The molecule has 0 aromatic heterocycles. The predicted octanol–water partition coefficient (Wildman–Crippen LogP) is -0.614. The maximum absolute atomic E-state index is 13.1. The molecule has 0 saturated carbocycles. The van der Waals surface area contributed by atoms with Crippen LogP contribution in [0.1, 0.15) is 24.8 Å². The second-order valence-electron chi connectivity index (χ2n) is 10.6. The third kappa shape index (κ3) is 5.53. The van der Waals surface area contributed by atoms with E-state index >= 15 is 0 Å². The molecule has 0 spiro atoms. The smallest absolute Gasteiger partial charge is 0.241 e. The van der Waals surface area contributed by atoms with Gasteiger partial charge in [-0.15, -0.1) is 0 Å². The molecular weight excluding hydrogens is 458 g/mol. The maximum Gasteiger partial charge on any atom is 0.241 e. The van der Waals surface area contributed by atoms with E-state index in [1.54, 1.807) is 7.11 Å². The number of ether oxygens (including phenoxy) is 1. The van der Waals surface area contributed by atoms with Gasteiger partial charge in [-0.3, -0.25) is 25.6 Å². The number of hydrogen-bond acceptors (Lipinski definition) is 10. The zero-order valence-electron chi connectivity index (χ0n) is 22.0. The molecule has 0 aliphatic carbocycles. The molecule has 4 aliphatic rings. The number of anilines is 2. The van der Waals surface area contributed by atoms with Crippen LogP contribution in [0, 0.1) is 0 Å². The SMILES string of the molecule is COC1NN(C)CC1NC1NCCC(C2CNc3c(NC(=O)[C@@H](C)N4CCN(C)CC4)cccc32)N1. The van der Waals surface area contributed by atoms with Crippen LogP contribution in [0.25, 0.3) is 0 Å². The van der Waals surface area contributed by atoms with Crippen molar-refractivity contribution in [2.75, 3.05) is 77.7 Å². The number of benzene rings is 1. The highest BCUT2D eigenvalue weighted by Crippen LogP contribution is 2.40. The summed E-state index contributed by atoms with van der Waals surface area (Å²) in [5, 5.41) is 19.9. The number of nitrogens with one attached hydrogen (secondary N) is 6. The zero-order chi connectivity index (χ0) is 25.2. The number of amides is 1. The topological polar surface area (TPSA) is 108 Å². The van der Waals surface area contributed by atoms with Crippen LogP contribution in [0.2, 0.25) is 0 Å². The molecule has 5 rings (SSSR count). The lowest BCUT2D eigenvalue weighted by molar-refractivity contribution is -0.121. The Labute approximate surface area is 214 Å². The molecule has 200 valence electrons. The van der Waals surface area contributed by atoms with Gasteiger partial charge in [-0.2, -0.15) is 0 Å². The van der Waals surface area contributed by atoms with Gasteiger partial charge in [-0.1, -0.05) is 12.1 Å². The highest BCUT2D eigenvalue weighted by Gasteiger charge is 2.37. The van der Waals surface area contributed by atoms with Gasteiger partial charge in [-0.25, -0.2) is 10.4 Å². The number of carbonyl (C=O) groups excluding carboxylic acids is 1. The normalized spacial score (nSPS) is 32.7. The van der Waals surface area contributed by atoms with Crippen LogP contribution < -0.4 is 32.0 Å². The number of rotatable bonds is 7. The molecule has 3 saturated heterocycles. The minimum atomic E-state index is -0.148. The molecule has 1 amide bonds. The summed E-state index contributed by atoms with van der Waals surface area (Å²) in [6.07, 6.45) is 1.00. The average Bonchev–Trinajstić information content (AvgIpc) is 3.47. The van der Waals surface area contributed by atoms with Gasteiger partial charge in [0, 0.05) is 65.4 Å². The summed E-state index contributed by atoms with van der Waals surface area (Å²) < 4.78 is 5.59. The molecule has 11 heteroatoms.